The molecule has 0 aliphatic carbocycles. The number of nitrogens with one attached hydrogen (secondary N) is 3. The SMILES string of the molecule is CC(=O)Nc1ccc(Nc2ccc(NC(=O)Cc3ccccc3)nc2)cc1. The summed E-state index contributed by atoms with van der Waals surface area (Å²) >= 11 is 0. The van der Waals surface area contributed by atoms with Crippen LogP contribution in [0.2, 0.25) is 0 Å². The van der Waals surface area contributed by atoms with E-state index in [4.69, 9.17) is 0 Å². The van der Waals surface area contributed by atoms with Gasteiger partial charge in [-0.3, -0.25) is 9.59 Å². The number of pyridine rings is 1. The molecule has 0 atom stereocenters. The molecular weight excluding hydrogens is 340 g/mol. The van der Waals surface area contributed by atoms with Crippen molar-refractivity contribution in [2.75, 3.05) is 16.0 Å². The van der Waals surface area contributed by atoms with Gasteiger partial charge in [0, 0.05) is 18.3 Å². The van der Waals surface area contributed by atoms with Crippen LogP contribution in [0.5, 0.6) is 0 Å². The fourth-order valence-corrected chi connectivity index (χ4v) is 2.52. The third-order valence-corrected chi connectivity index (χ3v) is 3.73. The first-order valence-corrected chi connectivity index (χ1v) is 8.53. The Morgan fingerprint density at radius 3 is 2.11 bits per heavy atom. The third kappa shape index (κ3) is 5.67. The van der Waals surface area contributed by atoms with Crippen LogP contribution in [-0.4, -0.2) is 16.8 Å². The number of hydrogen-bond acceptors (Lipinski definition) is 4. The smallest absolute Gasteiger partial charge is 0.229 e. The van der Waals surface area contributed by atoms with Gasteiger partial charge < -0.3 is 16.0 Å². The molecule has 6 heteroatoms. The summed E-state index contributed by atoms with van der Waals surface area (Å²) in [7, 11) is 0. The maximum atomic E-state index is 12.1. The Balaban J connectivity index is 1.55. The molecule has 1 heterocycles. The Bertz CT molecular complexity index is 907. The van der Waals surface area contributed by atoms with Crippen LogP contribution in [0.15, 0.2) is 72.9 Å². The highest BCUT2D eigenvalue weighted by Crippen LogP contribution is 2.19. The number of benzene rings is 2. The van der Waals surface area contributed by atoms with Crippen LogP contribution in [0.4, 0.5) is 22.9 Å². The molecule has 0 radical (unpaired) electrons. The zero-order valence-corrected chi connectivity index (χ0v) is 14.9. The number of anilines is 4. The van der Waals surface area contributed by atoms with Gasteiger partial charge in [-0.2, -0.15) is 0 Å². The first-order valence-electron chi connectivity index (χ1n) is 8.53. The summed E-state index contributed by atoms with van der Waals surface area (Å²) in [6.07, 6.45) is 1.96. The Kier molecular flexibility index (Phi) is 5.79. The first-order chi connectivity index (χ1) is 13.1. The minimum atomic E-state index is -0.108. The normalized spacial score (nSPS) is 10.1. The molecule has 3 N–H and O–H groups in total. The second kappa shape index (κ2) is 8.62. The minimum absolute atomic E-state index is 0.107. The molecule has 0 aliphatic rings. The lowest BCUT2D eigenvalue weighted by molar-refractivity contribution is -0.116. The fraction of sp³-hybridized carbons (Fsp3) is 0.0952. The van der Waals surface area contributed by atoms with E-state index in [2.05, 4.69) is 20.9 Å². The van der Waals surface area contributed by atoms with Crippen molar-refractivity contribution in [1.29, 1.82) is 0 Å². The topological polar surface area (TPSA) is 83.1 Å². The highest BCUT2D eigenvalue weighted by molar-refractivity contribution is 5.91. The molecule has 6 nitrogen and oxygen atoms in total. The molecule has 0 fully saturated rings. The number of carbonyl (C=O) groups excluding carboxylic acids is 2. The van der Waals surface area contributed by atoms with Gasteiger partial charge in [-0.05, 0) is 42.0 Å². The van der Waals surface area contributed by atoms with Crippen molar-refractivity contribution in [3.8, 4) is 0 Å². The Morgan fingerprint density at radius 1 is 0.815 bits per heavy atom. The highest BCUT2D eigenvalue weighted by Gasteiger charge is 2.05. The lowest BCUT2D eigenvalue weighted by atomic mass is 10.1. The summed E-state index contributed by atoms with van der Waals surface area (Å²) in [5.74, 6) is 0.287. The van der Waals surface area contributed by atoms with Crippen molar-refractivity contribution >= 4 is 34.7 Å². The molecule has 27 heavy (non-hydrogen) atoms. The summed E-state index contributed by atoms with van der Waals surface area (Å²) in [4.78, 5) is 27.4. The van der Waals surface area contributed by atoms with E-state index in [-0.39, 0.29) is 11.8 Å². The van der Waals surface area contributed by atoms with Gasteiger partial charge in [-0.25, -0.2) is 4.98 Å². The van der Waals surface area contributed by atoms with Crippen LogP contribution < -0.4 is 16.0 Å². The van der Waals surface area contributed by atoms with Crippen LogP contribution in [0.1, 0.15) is 12.5 Å². The van der Waals surface area contributed by atoms with E-state index in [0.29, 0.717) is 12.2 Å². The predicted molar refractivity (Wildman–Crippen MR) is 107 cm³/mol. The van der Waals surface area contributed by atoms with Crippen molar-refractivity contribution in [3.05, 3.63) is 78.5 Å². The van der Waals surface area contributed by atoms with E-state index in [9.17, 15) is 9.59 Å². The second-order valence-corrected chi connectivity index (χ2v) is 6.03. The van der Waals surface area contributed by atoms with Crippen LogP contribution in [0.25, 0.3) is 0 Å². The average Bonchev–Trinajstić information content (AvgIpc) is 2.65. The van der Waals surface area contributed by atoms with Crippen molar-refractivity contribution in [1.82, 2.24) is 4.98 Å². The van der Waals surface area contributed by atoms with Gasteiger partial charge in [0.15, 0.2) is 0 Å². The fourth-order valence-electron chi connectivity index (χ4n) is 2.52. The van der Waals surface area contributed by atoms with Crippen LogP contribution in [0, 0.1) is 0 Å². The van der Waals surface area contributed by atoms with Gasteiger partial charge in [0.05, 0.1) is 18.3 Å². The van der Waals surface area contributed by atoms with E-state index < -0.39 is 0 Å². The molecule has 3 rings (SSSR count). The number of nitrogens with zero attached hydrogens (tertiary/aromatic N) is 1. The van der Waals surface area contributed by atoms with Crippen LogP contribution in [-0.2, 0) is 16.0 Å². The van der Waals surface area contributed by atoms with Gasteiger partial charge in [0.1, 0.15) is 5.82 Å². The molecule has 0 aliphatic heterocycles. The molecule has 2 aromatic carbocycles. The van der Waals surface area contributed by atoms with Crippen LogP contribution >= 0.6 is 0 Å². The van der Waals surface area contributed by atoms with Gasteiger partial charge in [0.2, 0.25) is 11.8 Å². The molecule has 1 aromatic heterocycles. The van der Waals surface area contributed by atoms with Crippen molar-refractivity contribution in [3.63, 3.8) is 0 Å². The Morgan fingerprint density at radius 2 is 1.48 bits per heavy atom. The Labute approximate surface area is 157 Å². The van der Waals surface area contributed by atoms with E-state index in [1.54, 1.807) is 12.3 Å². The number of carbonyl (C=O) groups is 2. The number of aromatic nitrogens is 1. The average molecular weight is 360 g/mol. The maximum absolute atomic E-state index is 12.1. The zero-order chi connectivity index (χ0) is 19.1. The minimum Gasteiger partial charge on any atom is -0.354 e. The third-order valence-electron chi connectivity index (χ3n) is 3.73. The van der Waals surface area contributed by atoms with E-state index in [0.717, 1.165) is 22.6 Å². The zero-order valence-electron chi connectivity index (χ0n) is 14.9. The van der Waals surface area contributed by atoms with Crippen molar-refractivity contribution < 1.29 is 9.59 Å². The largest absolute Gasteiger partial charge is 0.354 e. The summed E-state index contributed by atoms with van der Waals surface area (Å²) in [6.45, 7) is 1.47. The molecule has 0 saturated heterocycles. The summed E-state index contributed by atoms with van der Waals surface area (Å²) in [5, 5.41) is 8.73. The van der Waals surface area contributed by atoms with E-state index in [1.807, 2.05) is 60.7 Å². The van der Waals surface area contributed by atoms with Gasteiger partial charge in [-0.1, -0.05) is 30.3 Å². The van der Waals surface area contributed by atoms with Gasteiger partial charge >= 0.3 is 0 Å². The first kappa shape index (κ1) is 18.1. The summed E-state index contributed by atoms with van der Waals surface area (Å²) in [5.41, 5.74) is 3.36. The van der Waals surface area contributed by atoms with Gasteiger partial charge in [-0.15, -0.1) is 0 Å². The van der Waals surface area contributed by atoms with Gasteiger partial charge in [0.25, 0.3) is 0 Å². The standard InChI is InChI=1S/C21H20N4O2/c1-15(26)23-17-7-9-18(10-8-17)24-19-11-12-20(22-14-19)25-21(27)13-16-5-3-2-4-6-16/h2-12,14,24H,13H2,1H3,(H,23,26)(H,22,25,27). The highest BCUT2D eigenvalue weighted by atomic mass is 16.2. The summed E-state index contributed by atoms with van der Waals surface area (Å²) < 4.78 is 0. The Hall–Kier alpha value is -3.67. The number of rotatable bonds is 6. The summed E-state index contributed by atoms with van der Waals surface area (Å²) in [6, 6.07) is 20.5. The molecule has 0 bridgehead atoms. The van der Waals surface area contributed by atoms with E-state index in [1.165, 1.54) is 6.92 Å². The van der Waals surface area contributed by atoms with Crippen molar-refractivity contribution in [2.24, 2.45) is 0 Å². The van der Waals surface area contributed by atoms with E-state index >= 15 is 0 Å². The second-order valence-electron chi connectivity index (χ2n) is 6.03. The number of amides is 2. The predicted octanol–water partition coefficient (Wildman–Crippen LogP) is 3.96. The lowest BCUT2D eigenvalue weighted by Crippen LogP contribution is -2.15. The monoisotopic (exact) mass is 360 g/mol. The molecule has 2 amide bonds. The quantitative estimate of drug-likeness (QED) is 0.621. The molecule has 136 valence electrons. The van der Waals surface area contributed by atoms with Crippen LogP contribution in [0.3, 0.4) is 0 Å². The maximum Gasteiger partial charge on any atom is 0.229 e. The molecule has 0 spiro atoms. The number of hydrogen-bond donors (Lipinski definition) is 3. The molecule has 0 unspecified atom stereocenters. The molecular formula is C21H20N4O2. The molecule has 0 saturated carbocycles. The molecule has 3 aromatic rings. The van der Waals surface area contributed by atoms with Crippen molar-refractivity contribution in [2.45, 2.75) is 13.3 Å². The lowest BCUT2D eigenvalue weighted by Gasteiger charge is -2.09.